The molecule has 2 heteroatoms. The zero-order valence-electron chi connectivity index (χ0n) is 5.94. The van der Waals surface area contributed by atoms with Gasteiger partial charge in [-0.05, 0) is 5.56 Å². The van der Waals surface area contributed by atoms with Gasteiger partial charge < -0.3 is 9.53 Å². The van der Waals surface area contributed by atoms with E-state index >= 15 is 0 Å². The highest BCUT2D eigenvalue weighted by Gasteiger charge is 2.39. The number of hydrogen-bond acceptors (Lipinski definition) is 2. The van der Waals surface area contributed by atoms with Crippen molar-refractivity contribution in [3.63, 3.8) is 0 Å². The third kappa shape index (κ3) is 1.17. The number of rotatable bonds is 2. The van der Waals surface area contributed by atoms with Gasteiger partial charge >= 0.3 is 0 Å². The Morgan fingerprint density at radius 1 is 1.27 bits per heavy atom. The second-order valence-electron chi connectivity index (χ2n) is 2.57. The zero-order chi connectivity index (χ0) is 7.68. The van der Waals surface area contributed by atoms with Crippen LogP contribution in [0.25, 0.3) is 0 Å². The largest absolute Gasteiger partial charge is 0.357 e. The minimum atomic E-state index is -0.197. The molecule has 0 radical (unpaired) electrons. The van der Waals surface area contributed by atoms with E-state index in [1.807, 2.05) is 30.3 Å². The molecule has 0 unspecified atom stereocenters. The molecule has 0 aromatic heterocycles. The van der Waals surface area contributed by atoms with Crippen LogP contribution in [0.15, 0.2) is 30.3 Å². The molecule has 0 amide bonds. The van der Waals surface area contributed by atoms with Crippen LogP contribution in [0.1, 0.15) is 11.7 Å². The summed E-state index contributed by atoms with van der Waals surface area (Å²) in [5.41, 5.74) is 1.09. The van der Waals surface area contributed by atoms with Crippen molar-refractivity contribution in [2.45, 2.75) is 12.2 Å². The van der Waals surface area contributed by atoms with Crippen LogP contribution in [0.5, 0.6) is 0 Å². The lowest BCUT2D eigenvalue weighted by atomic mass is 10.1. The van der Waals surface area contributed by atoms with Gasteiger partial charge in [-0.3, -0.25) is 0 Å². The Morgan fingerprint density at radius 2 is 2.00 bits per heavy atom. The van der Waals surface area contributed by atoms with Gasteiger partial charge in [-0.25, -0.2) is 0 Å². The van der Waals surface area contributed by atoms with Crippen molar-refractivity contribution in [2.24, 2.45) is 0 Å². The van der Waals surface area contributed by atoms with E-state index < -0.39 is 0 Å². The molecule has 1 fully saturated rings. The second kappa shape index (κ2) is 2.47. The van der Waals surface area contributed by atoms with Crippen molar-refractivity contribution in [1.82, 2.24) is 0 Å². The average molecular weight is 148 g/mol. The molecule has 1 aliphatic rings. The Morgan fingerprint density at radius 3 is 2.55 bits per heavy atom. The molecule has 0 aliphatic carbocycles. The number of epoxide rings is 1. The van der Waals surface area contributed by atoms with E-state index in [1.54, 1.807) is 0 Å². The van der Waals surface area contributed by atoms with Crippen LogP contribution in [-0.4, -0.2) is 12.4 Å². The maximum absolute atomic E-state index is 10.2. The fraction of sp³-hybridized carbons (Fsp3) is 0.222. The predicted octanol–water partition coefficient (Wildman–Crippen LogP) is 1.33. The Balaban J connectivity index is 2.14. The first kappa shape index (κ1) is 6.55. The third-order valence-electron chi connectivity index (χ3n) is 1.79. The highest BCUT2D eigenvalue weighted by molar-refractivity contribution is 5.61. The lowest BCUT2D eigenvalue weighted by Gasteiger charge is -1.90. The summed E-state index contributed by atoms with van der Waals surface area (Å²) < 4.78 is 5.08. The minimum Gasteiger partial charge on any atom is -0.357 e. The minimum absolute atomic E-state index is 0.0219. The predicted molar refractivity (Wildman–Crippen MR) is 40.1 cm³/mol. The summed E-state index contributed by atoms with van der Waals surface area (Å²) in [4.78, 5) is 10.2. The van der Waals surface area contributed by atoms with Crippen LogP contribution in [0, 0.1) is 0 Å². The summed E-state index contributed by atoms with van der Waals surface area (Å²) in [7, 11) is 0. The molecule has 0 spiro atoms. The molecule has 1 aliphatic heterocycles. The first-order valence-electron chi connectivity index (χ1n) is 3.57. The standard InChI is InChI=1S/C9H8O2/c10-6-8-9(11-8)7-4-2-1-3-5-7/h1-6,8-9H/t8-,9+/m1/s1. The van der Waals surface area contributed by atoms with Crippen molar-refractivity contribution in [3.05, 3.63) is 35.9 Å². The molecule has 2 nitrogen and oxygen atoms in total. The van der Waals surface area contributed by atoms with Gasteiger partial charge in [0.15, 0.2) is 6.29 Å². The van der Waals surface area contributed by atoms with Gasteiger partial charge in [0.1, 0.15) is 12.2 Å². The van der Waals surface area contributed by atoms with E-state index in [9.17, 15) is 4.79 Å². The van der Waals surface area contributed by atoms with Crippen molar-refractivity contribution >= 4 is 6.29 Å². The number of carbonyl (C=O) groups is 1. The fourth-order valence-corrected chi connectivity index (χ4v) is 1.14. The maximum Gasteiger partial charge on any atom is 0.151 e. The highest BCUT2D eigenvalue weighted by atomic mass is 16.6. The Labute approximate surface area is 64.8 Å². The van der Waals surface area contributed by atoms with E-state index in [-0.39, 0.29) is 12.2 Å². The van der Waals surface area contributed by atoms with Crippen LogP contribution in [0.2, 0.25) is 0 Å². The number of ether oxygens (including phenoxy) is 1. The van der Waals surface area contributed by atoms with Gasteiger partial charge in [-0.2, -0.15) is 0 Å². The molecule has 0 saturated carbocycles. The summed E-state index contributed by atoms with van der Waals surface area (Å²) in [6, 6.07) is 9.77. The number of carbonyl (C=O) groups excluding carboxylic acids is 1. The summed E-state index contributed by atoms with van der Waals surface area (Å²) >= 11 is 0. The van der Waals surface area contributed by atoms with Gasteiger partial charge in [0.2, 0.25) is 0 Å². The van der Waals surface area contributed by atoms with Crippen LogP contribution in [0.3, 0.4) is 0 Å². The Hall–Kier alpha value is -1.15. The number of hydrogen-bond donors (Lipinski definition) is 0. The lowest BCUT2D eigenvalue weighted by Crippen LogP contribution is -1.87. The molecule has 0 bridgehead atoms. The number of aldehydes is 1. The molecular formula is C9H8O2. The van der Waals surface area contributed by atoms with Crippen LogP contribution in [-0.2, 0) is 9.53 Å². The van der Waals surface area contributed by atoms with E-state index in [1.165, 1.54) is 0 Å². The quantitative estimate of drug-likeness (QED) is 0.467. The smallest absolute Gasteiger partial charge is 0.151 e. The van der Waals surface area contributed by atoms with E-state index in [0.717, 1.165) is 11.8 Å². The van der Waals surface area contributed by atoms with E-state index in [0.29, 0.717) is 0 Å². The molecule has 1 aromatic carbocycles. The van der Waals surface area contributed by atoms with Crippen LogP contribution >= 0.6 is 0 Å². The van der Waals surface area contributed by atoms with Crippen molar-refractivity contribution in [1.29, 1.82) is 0 Å². The van der Waals surface area contributed by atoms with E-state index in [4.69, 9.17) is 4.74 Å². The third-order valence-corrected chi connectivity index (χ3v) is 1.79. The first-order valence-corrected chi connectivity index (χ1v) is 3.57. The summed E-state index contributed by atoms with van der Waals surface area (Å²) in [6.45, 7) is 0. The van der Waals surface area contributed by atoms with Gasteiger partial charge in [-0.15, -0.1) is 0 Å². The van der Waals surface area contributed by atoms with Crippen molar-refractivity contribution < 1.29 is 9.53 Å². The second-order valence-corrected chi connectivity index (χ2v) is 2.57. The van der Waals surface area contributed by atoms with Gasteiger partial charge in [0.05, 0.1) is 0 Å². The first-order chi connectivity index (χ1) is 5.42. The van der Waals surface area contributed by atoms with Crippen LogP contribution < -0.4 is 0 Å². The number of benzene rings is 1. The van der Waals surface area contributed by atoms with Gasteiger partial charge in [0.25, 0.3) is 0 Å². The molecule has 2 rings (SSSR count). The average Bonchev–Trinajstić information content (AvgIpc) is 2.85. The molecular weight excluding hydrogens is 140 g/mol. The van der Waals surface area contributed by atoms with Gasteiger partial charge in [-0.1, -0.05) is 30.3 Å². The molecule has 1 heterocycles. The summed E-state index contributed by atoms with van der Waals surface area (Å²) in [6.07, 6.45) is 0.670. The molecule has 1 saturated heterocycles. The molecule has 0 N–H and O–H groups in total. The summed E-state index contributed by atoms with van der Waals surface area (Å²) in [5.74, 6) is 0. The SMILES string of the molecule is O=C[C@H]1O[C@H]1c1ccccc1. The fourth-order valence-electron chi connectivity index (χ4n) is 1.14. The Kier molecular flexibility index (Phi) is 1.47. The summed E-state index contributed by atoms with van der Waals surface area (Å²) in [5, 5.41) is 0. The van der Waals surface area contributed by atoms with Crippen molar-refractivity contribution in [2.75, 3.05) is 0 Å². The van der Waals surface area contributed by atoms with Gasteiger partial charge in [0, 0.05) is 0 Å². The normalized spacial score (nSPS) is 28.0. The lowest BCUT2D eigenvalue weighted by molar-refractivity contribution is -0.108. The maximum atomic E-state index is 10.2. The highest BCUT2D eigenvalue weighted by Crippen LogP contribution is 2.36. The van der Waals surface area contributed by atoms with Crippen molar-refractivity contribution in [3.8, 4) is 0 Å². The van der Waals surface area contributed by atoms with E-state index in [2.05, 4.69) is 0 Å². The molecule has 11 heavy (non-hydrogen) atoms. The molecule has 1 aromatic rings. The Bertz CT molecular complexity index is 256. The zero-order valence-corrected chi connectivity index (χ0v) is 5.94. The molecule has 56 valence electrons. The van der Waals surface area contributed by atoms with Crippen LogP contribution in [0.4, 0.5) is 0 Å². The molecule has 2 atom stereocenters. The monoisotopic (exact) mass is 148 g/mol. The topological polar surface area (TPSA) is 29.6 Å².